The van der Waals surface area contributed by atoms with E-state index in [1.54, 1.807) is 19.4 Å². The van der Waals surface area contributed by atoms with E-state index in [1.807, 2.05) is 13.0 Å². The molecule has 0 aliphatic carbocycles. The number of hydrogen-bond acceptors (Lipinski definition) is 5. The smallest absolute Gasteiger partial charge is 0.259 e. The van der Waals surface area contributed by atoms with Crippen molar-refractivity contribution < 1.29 is 9.26 Å². The maximum Gasteiger partial charge on any atom is 0.259 e. The minimum Gasteiger partial charge on any atom is -0.481 e. The van der Waals surface area contributed by atoms with Crippen LogP contribution in [0.25, 0.3) is 11.5 Å². The van der Waals surface area contributed by atoms with E-state index in [4.69, 9.17) is 9.26 Å². The molecule has 5 nitrogen and oxygen atoms in total. The molecule has 0 fully saturated rings. The molecule has 78 valence electrons. The number of aromatic nitrogens is 3. The normalized spacial score (nSPS) is 10.3. The largest absolute Gasteiger partial charge is 0.481 e. The van der Waals surface area contributed by atoms with Gasteiger partial charge >= 0.3 is 0 Å². The number of rotatable bonds is 3. The highest BCUT2D eigenvalue weighted by atomic mass is 16.5. The van der Waals surface area contributed by atoms with Gasteiger partial charge in [-0.15, -0.1) is 0 Å². The molecule has 2 aromatic heterocycles. The molecule has 0 unspecified atom stereocenters. The van der Waals surface area contributed by atoms with E-state index in [0.29, 0.717) is 17.6 Å². The maximum atomic E-state index is 5.07. The zero-order valence-corrected chi connectivity index (χ0v) is 8.60. The first-order valence-corrected chi connectivity index (χ1v) is 4.66. The molecule has 2 rings (SSSR count). The predicted molar refractivity (Wildman–Crippen MR) is 53.5 cm³/mol. The fourth-order valence-corrected chi connectivity index (χ4v) is 1.14. The molecule has 0 N–H and O–H groups in total. The third kappa shape index (κ3) is 1.96. The highest BCUT2D eigenvalue weighted by Gasteiger charge is 2.07. The highest BCUT2D eigenvalue weighted by molar-refractivity contribution is 5.51. The van der Waals surface area contributed by atoms with Gasteiger partial charge in [-0.25, -0.2) is 4.98 Å². The van der Waals surface area contributed by atoms with Gasteiger partial charge in [-0.05, 0) is 6.07 Å². The summed E-state index contributed by atoms with van der Waals surface area (Å²) in [5.74, 6) is 1.75. The Morgan fingerprint density at radius 1 is 1.40 bits per heavy atom. The summed E-state index contributed by atoms with van der Waals surface area (Å²) >= 11 is 0. The summed E-state index contributed by atoms with van der Waals surface area (Å²) < 4.78 is 10.0. The van der Waals surface area contributed by atoms with Crippen LogP contribution in [0.4, 0.5) is 0 Å². The van der Waals surface area contributed by atoms with Gasteiger partial charge in [0.1, 0.15) is 0 Å². The van der Waals surface area contributed by atoms with Gasteiger partial charge in [0.15, 0.2) is 5.82 Å². The highest BCUT2D eigenvalue weighted by Crippen LogP contribution is 2.18. The Balaban J connectivity index is 2.28. The Hall–Kier alpha value is -1.91. The standard InChI is InChI=1S/C10H11N3O2/c1-3-8-12-10(15-13-8)7-4-5-9(14-2)11-6-7/h4-6H,3H2,1-2H3. The van der Waals surface area contributed by atoms with Crippen molar-refractivity contribution in [3.05, 3.63) is 24.2 Å². The molecule has 0 saturated heterocycles. The fourth-order valence-electron chi connectivity index (χ4n) is 1.14. The van der Waals surface area contributed by atoms with Gasteiger partial charge in [-0.3, -0.25) is 0 Å². The molecule has 0 amide bonds. The lowest BCUT2D eigenvalue weighted by Crippen LogP contribution is -1.87. The van der Waals surface area contributed by atoms with Crippen LogP contribution in [0.3, 0.4) is 0 Å². The molecule has 0 radical (unpaired) electrons. The molecule has 15 heavy (non-hydrogen) atoms. The Kier molecular flexibility index (Phi) is 2.62. The Morgan fingerprint density at radius 2 is 2.27 bits per heavy atom. The van der Waals surface area contributed by atoms with E-state index in [0.717, 1.165) is 12.0 Å². The monoisotopic (exact) mass is 205 g/mol. The van der Waals surface area contributed by atoms with Crippen molar-refractivity contribution >= 4 is 0 Å². The lowest BCUT2D eigenvalue weighted by Gasteiger charge is -1.97. The molecule has 0 saturated carbocycles. The maximum absolute atomic E-state index is 5.07. The van der Waals surface area contributed by atoms with Crippen LogP contribution in [0.2, 0.25) is 0 Å². The number of hydrogen-bond donors (Lipinski definition) is 0. The summed E-state index contributed by atoms with van der Waals surface area (Å²) in [6, 6.07) is 3.59. The first-order chi connectivity index (χ1) is 7.33. The van der Waals surface area contributed by atoms with Crippen LogP contribution in [0.15, 0.2) is 22.9 Å². The quantitative estimate of drug-likeness (QED) is 0.763. The number of aryl methyl sites for hydroxylation is 1. The topological polar surface area (TPSA) is 61.0 Å². The predicted octanol–water partition coefficient (Wildman–Crippen LogP) is 1.70. The average molecular weight is 205 g/mol. The summed E-state index contributed by atoms with van der Waals surface area (Å²) in [4.78, 5) is 8.25. The second kappa shape index (κ2) is 4.08. The van der Waals surface area contributed by atoms with Crippen molar-refractivity contribution in [3.8, 4) is 17.3 Å². The molecule has 0 aliphatic rings. The number of nitrogens with zero attached hydrogens (tertiary/aromatic N) is 3. The minimum absolute atomic E-state index is 0.488. The van der Waals surface area contributed by atoms with Crippen molar-refractivity contribution in [3.63, 3.8) is 0 Å². The molecular formula is C10H11N3O2. The van der Waals surface area contributed by atoms with Crippen molar-refractivity contribution in [1.29, 1.82) is 0 Å². The number of ether oxygens (including phenoxy) is 1. The van der Waals surface area contributed by atoms with Gasteiger partial charge in [0.05, 0.1) is 12.7 Å². The van der Waals surface area contributed by atoms with E-state index < -0.39 is 0 Å². The summed E-state index contributed by atoms with van der Waals surface area (Å²) in [7, 11) is 1.57. The second-order valence-electron chi connectivity index (χ2n) is 2.96. The Bertz CT molecular complexity index is 436. The molecule has 0 aliphatic heterocycles. The van der Waals surface area contributed by atoms with Crippen LogP contribution in [0.1, 0.15) is 12.7 Å². The average Bonchev–Trinajstić information content (AvgIpc) is 2.78. The summed E-state index contributed by atoms with van der Waals surface area (Å²) in [6.07, 6.45) is 2.40. The van der Waals surface area contributed by atoms with Crippen LogP contribution in [-0.4, -0.2) is 22.2 Å². The molecule has 5 heteroatoms. The molecule has 0 bridgehead atoms. The Labute approximate surface area is 87.1 Å². The lowest BCUT2D eigenvalue weighted by molar-refractivity contribution is 0.397. The summed E-state index contributed by atoms with van der Waals surface area (Å²) in [5, 5.41) is 3.81. The van der Waals surface area contributed by atoms with Gasteiger partial charge < -0.3 is 9.26 Å². The zero-order valence-electron chi connectivity index (χ0n) is 8.60. The SMILES string of the molecule is CCc1noc(-c2ccc(OC)nc2)n1. The van der Waals surface area contributed by atoms with E-state index in [1.165, 1.54) is 0 Å². The lowest BCUT2D eigenvalue weighted by atomic mass is 10.3. The van der Waals surface area contributed by atoms with Crippen LogP contribution in [0, 0.1) is 0 Å². The van der Waals surface area contributed by atoms with Crippen molar-refractivity contribution in [2.75, 3.05) is 7.11 Å². The van der Waals surface area contributed by atoms with E-state index in [2.05, 4.69) is 15.1 Å². The van der Waals surface area contributed by atoms with Crippen LogP contribution >= 0.6 is 0 Å². The van der Waals surface area contributed by atoms with Crippen molar-refractivity contribution in [2.45, 2.75) is 13.3 Å². The van der Waals surface area contributed by atoms with Crippen LogP contribution in [0.5, 0.6) is 5.88 Å². The van der Waals surface area contributed by atoms with Crippen LogP contribution < -0.4 is 4.74 Å². The number of methoxy groups -OCH3 is 1. The first kappa shape index (κ1) is 9.64. The summed E-state index contributed by atoms with van der Waals surface area (Å²) in [6.45, 7) is 1.97. The fraction of sp³-hybridized carbons (Fsp3) is 0.300. The first-order valence-electron chi connectivity index (χ1n) is 4.66. The molecule has 2 heterocycles. The van der Waals surface area contributed by atoms with Crippen molar-refractivity contribution in [1.82, 2.24) is 15.1 Å². The van der Waals surface area contributed by atoms with Gasteiger partial charge in [-0.1, -0.05) is 12.1 Å². The zero-order chi connectivity index (χ0) is 10.7. The van der Waals surface area contributed by atoms with Gasteiger partial charge in [-0.2, -0.15) is 4.98 Å². The molecule has 0 spiro atoms. The molecule has 0 aromatic carbocycles. The molecule has 2 aromatic rings. The second-order valence-corrected chi connectivity index (χ2v) is 2.96. The Morgan fingerprint density at radius 3 is 2.80 bits per heavy atom. The third-order valence-electron chi connectivity index (χ3n) is 1.98. The van der Waals surface area contributed by atoms with Gasteiger partial charge in [0.25, 0.3) is 5.89 Å². The van der Waals surface area contributed by atoms with E-state index in [-0.39, 0.29) is 0 Å². The van der Waals surface area contributed by atoms with E-state index >= 15 is 0 Å². The van der Waals surface area contributed by atoms with E-state index in [9.17, 15) is 0 Å². The molecule has 0 atom stereocenters. The summed E-state index contributed by atoms with van der Waals surface area (Å²) in [5.41, 5.74) is 0.794. The minimum atomic E-state index is 0.488. The van der Waals surface area contributed by atoms with Crippen molar-refractivity contribution in [2.24, 2.45) is 0 Å². The third-order valence-corrected chi connectivity index (χ3v) is 1.98. The number of pyridine rings is 1. The van der Waals surface area contributed by atoms with Gasteiger partial charge in [0, 0.05) is 18.7 Å². The van der Waals surface area contributed by atoms with Gasteiger partial charge in [0.2, 0.25) is 5.88 Å². The molecular weight excluding hydrogens is 194 g/mol. The van der Waals surface area contributed by atoms with Crippen LogP contribution in [-0.2, 0) is 6.42 Å².